The van der Waals surface area contributed by atoms with Crippen molar-refractivity contribution in [3.8, 4) is 17.0 Å². The molecule has 10 heteroatoms. The second-order valence-corrected chi connectivity index (χ2v) is 8.90. The van der Waals surface area contributed by atoms with E-state index >= 15 is 0 Å². The molecule has 0 aliphatic carbocycles. The number of hydrogen-bond donors (Lipinski definition) is 3. The molecule has 3 heterocycles. The van der Waals surface area contributed by atoms with Gasteiger partial charge in [-0.25, -0.2) is 19.9 Å². The summed E-state index contributed by atoms with van der Waals surface area (Å²) in [4.78, 5) is 20.8. The number of para-hydroxylation sites is 1. The van der Waals surface area contributed by atoms with Gasteiger partial charge in [0.15, 0.2) is 5.82 Å². The van der Waals surface area contributed by atoms with Gasteiger partial charge in [-0.3, -0.25) is 0 Å². The van der Waals surface area contributed by atoms with Crippen LogP contribution in [0.15, 0.2) is 65.0 Å². The van der Waals surface area contributed by atoms with E-state index < -0.39 is 0 Å². The van der Waals surface area contributed by atoms with Gasteiger partial charge in [-0.05, 0) is 24.1 Å². The number of ether oxygens (including phenoxy) is 1. The van der Waals surface area contributed by atoms with E-state index in [1.807, 2.05) is 36.0 Å². The number of nitrogens with one attached hydrogen (secondary N) is 1. The molecule has 2 unspecified atom stereocenters. The quantitative estimate of drug-likeness (QED) is 0.359. The van der Waals surface area contributed by atoms with Gasteiger partial charge in [0.05, 0.1) is 19.1 Å². The van der Waals surface area contributed by atoms with E-state index in [9.17, 15) is 0 Å². The van der Waals surface area contributed by atoms with E-state index in [2.05, 4.69) is 49.3 Å². The Balaban J connectivity index is 1.37. The fraction of sp³-hybridized carbons (Fsp3) is 0.261. The number of pyridine rings is 1. The maximum Gasteiger partial charge on any atom is 0.223 e. The van der Waals surface area contributed by atoms with Crippen molar-refractivity contribution >= 4 is 35.7 Å². The molecule has 3 aromatic rings. The molecule has 1 saturated heterocycles. The summed E-state index contributed by atoms with van der Waals surface area (Å²) in [6.07, 6.45) is 4.32. The Labute approximate surface area is 196 Å². The van der Waals surface area contributed by atoms with E-state index in [4.69, 9.17) is 16.2 Å². The molecule has 1 aliphatic heterocycles. The highest BCUT2D eigenvalue weighted by molar-refractivity contribution is 8.01. The third-order valence-corrected chi connectivity index (χ3v) is 7.38. The number of guanidine groups is 1. The van der Waals surface area contributed by atoms with Crippen molar-refractivity contribution in [3.63, 3.8) is 0 Å². The number of anilines is 1. The Bertz CT molecular complexity index is 1150. The van der Waals surface area contributed by atoms with Crippen molar-refractivity contribution in [2.24, 2.45) is 27.4 Å². The summed E-state index contributed by atoms with van der Waals surface area (Å²) in [7, 11) is 1.72. The van der Waals surface area contributed by atoms with E-state index in [0.717, 1.165) is 35.7 Å². The van der Waals surface area contributed by atoms with Crippen LogP contribution >= 0.6 is 11.8 Å². The zero-order chi connectivity index (χ0) is 23.2. The van der Waals surface area contributed by atoms with E-state index in [1.54, 1.807) is 25.7 Å². The highest BCUT2D eigenvalue weighted by Crippen LogP contribution is 2.54. The highest BCUT2D eigenvalue weighted by atomic mass is 32.2. The molecule has 0 bridgehead atoms. The van der Waals surface area contributed by atoms with Gasteiger partial charge < -0.3 is 21.5 Å². The summed E-state index contributed by atoms with van der Waals surface area (Å²) in [5, 5.41) is 4.37. The smallest absolute Gasteiger partial charge is 0.223 e. The maximum atomic E-state index is 5.62. The number of aromatic nitrogens is 3. The van der Waals surface area contributed by atoms with E-state index in [-0.39, 0.29) is 5.96 Å². The molecule has 0 spiro atoms. The molecule has 170 valence electrons. The van der Waals surface area contributed by atoms with Crippen LogP contribution in [0.1, 0.15) is 17.7 Å². The number of benzene rings is 1. The average Bonchev–Trinajstić information content (AvgIpc) is 2.84. The number of nitrogens with zero attached hydrogens (tertiary/aromatic N) is 5. The first kappa shape index (κ1) is 22.5. The van der Waals surface area contributed by atoms with Crippen LogP contribution in [0, 0.1) is 5.92 Å². The second kappa shape index (κ2) is 10.3. The van der Waals surface area contributed by atoms with E-state index in [1.165, 1.54) is 5.56 Å². The van der Waals surface area contributed by atoms with Crippen LogP contribution in [-0.2, 0) is 0 Å². The standard InChI is InChI=1S/C23H26N8OS/c1-14-19(33-22(14)16-5-3-4-6-18(16)32-2)11-27-21-9-17(29-13-30-21)15-7-8-20(26-10-15)31-23(25)28-12-24/h3-10,12-14,19,22H,11H2,1-2H3,(H,27,29,30)(H4,24,25,26,28,31)/t14-,19?,22?/m1/s1. The molecular formula is C23H26N8OS. The van der Waals surface area contributed by atoms with Crippen LogP contribution < -0.4 is 21.5 Å². The lowest BCUT2D eigenvalue weighted by Crippen LogP contribution is -2.37. The summed E-state index contributed by atoms with van der Waals surface area (Å²) in [6, 6.07) is 13.8. The van der Waals surface area contributed by atoms with Crippen LogP contribution in [0.5, 0.6) is 5.75 Å². The van der Waals surface area contributed by atoms with E-state index in [0.29, 0.717) is 22.2 Å². The predicted octanol–water partition coefficient (Wildman–Crippen LogP) is 3.39. The molecular weight excluding hydrogens is 436 g/mol. The van der Waals surface area contributed by atoms with Crippen LogP contribution in [-0.4, -0.2) is 46.2 Å². The van der Waals surface area contributed by atoms with Gasteiger partial charge >= 0.3 is 0 Å². The van der Waals surface area contributed by atoms with Gasteiger partial charge in [0.2, 0.25) is 5.96 Å². The topological polar surface area (TPSA) is 137 Å². The number of nitrogens with two attached hydrogens (primary N) is 2. The van der Waals surface area contributed by atoms with Crippen LogP contribution in [0.4, 0.5) is 11.6 Å². The van der Waals surface area contributed by atoms with Crippen molar-refractivity contribution in [3.05, 3.63) is 60.6 Å². The van der Waals surface area contributed by atoms with Gasteiger partial charge in [0, 0.05) is 40.4 Å². The molecule has 1 fully saturated rings. The first-order valence-corrected chi connectivity index (χ1v) is 11.4. The second-order valence-electron chi connectivity index (χ2n) is 7.52. The Hall–Kier alpha value is -3.66. The first-order valence-electron chi connectivity index (χ1n) is 10.5. The Kier molecular flexibility index (Phi) is 7.04. The van der Waals surface area contributed by atoms with Gasteiger partial charge in [-0.1, -0.05) is 25.1 Å². The van der Waals surface area contributed by atoms with Crippen molar-refractivity contribution < 1.29 is 4.74 Å². The van der Waals surface area contributed by atoms with Crippen molar-refractivity contribution in [2.75, 3.05) is 19.0 Å². The molecule has 9 nitrogen and oxygen atoms in total. The summed E-state index contributed by atoms with van der Waals surface area (Å²) < 4.78 is 5.53. The molecule has 4 rings (SSSR count). The molecule has 1 aromatic carbocycles. The zero-order valence-corrected chi connectivity index (χ0v) is 19.2. The third kappa shape index (κ3) is 5.23. The third-order valence-electron chi connectivity index (χ3n) is 5.46. The number of hydrogen-bond acceptors (Lipinski definition) is 7. The van der Waals surface area contributed by atoms with Crippen LogP contribution in [0.3, 0.4) is 0 Å². The highest BCUT2D eigenvalue weighted by Gasteiger charge is 2.40. The predicted molar refractivity (Wildman–Crippen MR) is 134 cm³/mol. The molecule has 5 N–H and O–H groups in total. The Morgan fingerprint density at radius 1 is 1.21 bits per heavy atom. The Morgan fingerprint density at radius 3 is 2.79 bits per heavy atom. The summed E-state index contributed by atoms with van der Waals surface area (Å²) >= 11 is 1.96. The SMILES string of the molecule is COc1ccccc1C1SC(CNc2cc(-c3ccc(N=C(N)N=CN)nc3)ncn2)[C@H]1C. The zero-order valence-electron chi connectivity index (χ0n) is 18.4. The minimum atomic E-state index is 0.0438. The maximum absolute atomic E-state index is 5.62. The molecule has 2 aromatic heterocycles. The van der Waals surface area contributed by atoms with Gasteiger partial charge in [-0.2, -0.15) is 4.99 Å². The lowest BCUT2D eigenvalue weighted by atomic mass is 9.94. The van der Waals surface area contributed by atoms with Crippen molar-refractivity contribution in [1.29, 1.82) is 0 Å². The number of thioether (sulfide) groups is 1. The number of aliphatic imine (C=N–C) groups is 2. The van der Waals surface area contributed by atoms with Gasteiger partial charge in [-0.15, -0.1) is 11.8 Å². The van der Waals surface area contributed by atoms with Crippen molar-refractivity contribution in [2.45, 2.75) is 17.4 Å². The van der Waals surface area contributed by atoms with Crippen LogP contribution in [0.2, 0.25) is 0 Å². The summed E-state index contributed by atoms with van der Waals surface area (Å²) in [5.74, 6) is 2.73. The fourth-order valence-electron chi connectivity index (χ4n) is 3.68. The number of rotatable bonds is 7. The summed E-state index contributed by atoms with van der Waals surface area (Å²) in [5.41, 5.74) is 13.7. The normalized spacial score (nSPS) is 20.4. The first-order chi connectivity index (χ1) is 16.1. The molecule has 1 aliphatic rings. The molecule has 0 amide bonds. The van der Waals surface area contributed by atoms with Gasteiger partial charge in [0.25, 0.3) is 0 Å². The monoisotopic (exact) mass is 462 g/mol. The van der Waals surface area contributed by atoms with Gasteiger partial charge in [0.1, 0.15) is 17.9 Å². The minimum Gasteiger partial charge on any atom is -0.496 e. The summed E-state index contributed by atoms with van der Waals surface area (Å²) in [6.45, 7) is 3.10. The largest absolute Gasteiger partial charge is 0.496 e. The van der Waals surface area contributed by atoms with Crippen LogP contribution in [0.25, 0.3) is 11.3 Å². The molecule has 3 atom stereocenters. The fourth-order valence-corrected chi connectivity index (χ4v) is 5.14. The molecule has 33 heavy (non-hydrogen) atoms. The average molecular weight is 463 g/mol. The lowest BCUT2D eigenvalue weighted by Gasteiger charge is -2.43. The minimum absolute atomic E-state index is 0.0438. The Morgan fingerprint density at radius 2 is 2.06 bits per heavy atom. The van der Waals surface area contributed by atoms with Crippen molar-refractivity contribution in [1.82, 2.24) is 15.0 Å². The number of methoxy groups -OCH3 is 1. The lowest BCUT2D eigenvalue weighted by molar-refractivity contribution is 0.400. The molecule has 0 radical (unpaired) electrons. The molecule has 0 saturated carbocycles.